The first-order chi connectivity index (χ1) is 26.9. The third-order valence-electron chi connectivity index (χ3n) is 9.72. The van der Waals surface area contributed by atoms with Gasteiger partial charge in [-0.15, -0.1) is 0 Å². The van der Waals surface area contributed by atoms with Crippen molar-refractivity contribution in [2.75, 3.05) is 26.4 Å². The van der Waals surface area contributed by atoms with Crippen molar-refractivity contribution in [2.24, 2.45) is 17.8 Å². The molecule has 324 valence electrons. The first-order valence-corrected chi connectivity index (χ1v) is 22.9. The highest BCUT2D eigenvalue weighted by Crippen LogP contribution is 2.43. The molecular weight excluding hydrogens is 739 g/mol. The van der Waals surface area contributed by atoms with Gasteiger partial charge in [-0.25, -0.2) is 4.57 Å². The third-order valence-corrected chi connectivity index (χ3v) is 10.7. The van der Waals surface area contributed by atoms with Crippen LogP contribution < -0.4 is 0 Å². The van der Waals surface area contributed by atoms with Crippen LogP contribution in [0.25, 0.3) is 0 Å². The van der Waals surface area contributed by atoms with Gasteiger partial charge in [-0.2, -0.15) is 0 Å². The van der Waals surface area contributed by atoms with Gasteiger partial charge in [0.1, 0.15) is 12.7 Å². The summed E-state index contributed by atoms with van der Waals surface area (Å²) in [5.41, 5.74) is 0. The molecule has 0 bridgehead atoms. The molecule has 1 aliphatic carbocycles. The molecule has 1 aliphatic rings. The molecule has 0 aromatic rings. The fraction of sp³-hybridized carbons (Fsp3) is 0.791. The van der Waals surface area contributed by atoms with Crippen LogP contribution in [0.4, 0.5) is 0 Å². The number of ketones is 1. The summed E-state index contributed by atoms with van der Waals surface area (Å²) in [5, 5.41) is 28.5. The quantitative estimate of drug-likeness (QED) is 0.0205. The summed E-state index contributed by atoms with van der Waals surface area (Å²) in [6.45, 7) is 4.35. The fourth-order valence-corrected chi connectivity index (χ4v) is 7.08. The molecule has 12 nitrogen and oxygen atoms in total. The second-order valence-corrected chi connectivity index (χ2v) is 17.0. The third kappa shape index (κ3) is 28.3. The lowest BCUT2D eigenvalue weighted by atomic mass is 9.90. The van der Waals surface area contributed by atoms with E-state index >= 15 is 0 Å². The van der Waals surface area contributed by atoms with E-state index in [1.807, 2.05) is 24.3 Å². The summed E-state index contributed by atoms with van der Waals surface area (Å²) < 4.78 is 32.7. The maximum Gasteiger partial charge on any atom is 0.472 e. The Morgan fingerprint density at radius 1 is 0.804 bits per heavy atom. The minimum Gasteiger partial charge on any atom is -0.462 e. The van der Waals surface area contributed by atoms with E-state index in [0.29, 0.717) is 32.1 Å². The van der Waals surface area contributed by atoms with Gasteiger partial charge in [0.05, 0.1) is 25.9 Å². The van der Waals surface area contributed by atoms with E-state index in [0.717, 1.165) is 44.4 Å². The van der Waals surface area contributed by atoms with Gasteiger partial charge in [0.15, 0.2) is 11.9 Å². The molecule has 0 amide bonds. The van der Waals surface area contributed by atoms with Crippen molar-refractivity contribution in [1.82, 2.24) is 0 Å². The zero-order valence-corrected chi connectivity index (χ0v) is 35.5. The number of esters is 2. The van der Waals surface area contributed by atoms with E-state index < -0.39 is 57.9 Å². The number of rotatable bonds is 36. The number of unbranched alkanes of at least 4 members (excludes halogenated alkanes) is 13. The van der Waals surface area contributed by atoms with Crippen molar-refractivity contribution in [3.8, 4) is 0 Å². The van der Waals surface area contributed by atoms with Crippen LogP contribution in [0.15, 0.2) is 36.5 Å². The first-order valence-electron chi connectivity index (χ1n) is 21.4. The predicted octanol–water partition coefficient (Wildman–Crippen LogP) is 8.64. The first kappa shape index (κ1) is 51.8. The minimum atomic E-state index is -4.66. The molecule has 0 spiro atoms. The van der Waals surface area contributed by atoms with Gasteiger partial charge in [-0.3, -0.25) is 23.4 Å². The molecule has 0 aromatic carbocycles. The van der Waals surface area contributed by atoms with Crippen LogP contribution in [-0.4, -0.2) is 82.7 Å². The van der Waals surface area contributed by atoms with Crippen LogP contribution in [0.2, 0.25) is 0 Å². The molecule has 0 saturated carbocycles. The Labute approximate surface area is 337 Å². The summed E-state index contributed by atoms with van der Waals surface area (Å²) in [4.78, 5) is 47.5. The number of phosphoric ester groups is 1. The smallest absolute Gasteiger partial charge is 0.462 e. The highest BCUT2D eigenvalue weighted by molar-refractivity contribution is 7.47. The molecule has 1 unspecified atom stereocenters. The van der Waals surface area contributed by atoms with Gasteiger partial charge in [0.25, 0.3) is 0 Å². The van der Waals surface area contributed by atoms with E-state index in [1.165, 1.54) is 51.4 Å². The average Bonchev–Trinajstić information content (AvgIpc) is 3.52. The van der Waals surface area contributed by atoms with E-state index in [-0.39, 0.29) is 37.1 Å². The Bertz CT molecular complexity index is 1190. The summed E-state index contributed by atoms with van der Waals surface area (Å²) >= 11 is 0. The maximum atomic E-state index is 12.6. The molecule has 0 aliphatic heterocycles. The average molecular weight is 815 g/mol. The highest BCUT2D eigenvalue weighted by atomic mass is 31.2. The monoisotopic (exact) mass is 814 g/mol. The highest BCUT2D eigenvalue weighted by Gasteiger charge is 2.28. The van der Waals surface area contributed by atoms with E-state index in [1.54, 1.807) is 12.2 Å². The molecule has 6 atom stereocenters. The fourth-order valence-electron chi connectivity index (χ4n) is 6.29. The maximum absolute atomic E-state index is 12.6. The van der Waals surface area contributed by atoms with Gasteiger partial charge in [-0.05, 0) is 50.0 Å². The molecule has 0 heterocycles. The van der Waals surface area contributed by atoms with Crippen LogP contribution in [-0.2, 0) is 37.5 Å². The van der Waals surface area contributed by atoms with Crippen LogP contribution in [0.5, 0.6) is 0 Å². The predicted molar refractivity (Wildman–Crippen MR) is 219 cm³/mol. The molecule has 1 rings (SSSR count). The zero-order chi connectivity index (χ0) is 41.4. The van der Waals surface area contributed by atoms with Crippen LogP contribution >= 0.6 is 7.82 Å². The standard InChI is InChI=1S/C43H75O12P/c1-4-5-17-24-37(45)28-29-40-36(27-30-41(40)47)23-19-15-16-20-25-42(48)52-33-39(34-54-56(50,51)53-32-38(46)31-44)55-43(49)26-21-14-12-10-8-6-7-9-11-13-18-22-35(2)3/h15,19,27-30,35-40,44-46H,4-14,16-18,20-26,31-34H2,1-3H3,(H,50,51)/b19-15-,29-28+/t36-,37-,38-,39+,40+/m0/s1. The second kappa shape index (κ2) is 32.7. The number of hydrogen-bond donors (Lipinski definition) is 4. The Morgan fingerprint density at radius 2 is 1.41 bits per heavy atom. The number of allylic oxidation sites excluding steroid dienone is 5. The van der Waals surface area contributed by atoms with Crippen molar-refractivity contribution in [3.63, 3.8) is 0 Å². The molecule has 56 heavy (non-hydrogen) atoms. The molecule has 0 aromatic heterocycles. The van der Waals surface area contributed by atoms with Gasteiger partial charge in [0, 0.05) is 18.8 Å². The summed E-state index contributed by atoms with van der Waals surface area (Å²) in [7, 11) is -4.66. The molecule has 0 radical (unpaired) electrons. The van der Waals surface area contributed by atoms with E-state index in [9.17, 15) is 34.1 Å². The number of phosphoric acid groups is 1. The summed E-state index contributed by atoms with van der Waals surface area (Å²) in [6.07, 6.45) is 27.5. The Kier molecular flexibility index (Phi) is 30.3. The van der Waals surface area contributed by atoms with Crippen LogP contribution in [0.1, 0.15) is 156 Å². The lowest BCUT2D eigenvalue weighted by Crippen LogP contribution is -2.29. The summed E-state index contributed by atoms with van der Waals surface area (Å²) in [6, 6.07) is 0. The van der Waals surface area contributed by atoms with Gasteiger partial charge in [-0.1, -0.05) is 141 Å². The van der Waals surface area contributed by atoms with Gasteiger partial charge >= 0.3 is 19.8 Å². The zero-order valence-electron chi connectivity index (χ0n) is 34.6. The molecular formula is C43H75O12P. The number of ether oxygens (including phenoxy) is 2. The van der Waals surface area contributed by atoms with Gasteiger partial charge < -0.3 is 29.7 Å². The molecule has 0 saturated heterocycles. The van der Waals surface area contributed by atoms with Gasteiger partial charge in [0.2, 0.25) is 0 Å². The van der Waals surface area contributed by atoms with Crippen molar-refractivity contribution in [1.29, 1.82) is 0 Å². The Morgan fingerprint density at radius 3 is 2.05 bits per heavy atom. The number of aliphatic hydroxyl groups is 3. The van der Waals surface area contributed by atoms with Crippen molar-refractivity contribution >= 4 is 25.5 Å². The molecule has 13 heteroatoms. The lowest BCUT2D eigenvalue weighted by Gasteiger charge is -2.20. The normalized spacial score (nSPS) is 18.5. The van der Waals surface area contributed by atoms with Crippen LogP contribution in [0, 0.1) is 17.8 Å². The van der Waals surface area contributed by atoms with Crippen molar-refractivity contribution < 1.29 is 57.7 Å². The van der Waals surface area contributed by atoms with Crippen molar-refractivity contribution in [2.45, 2.75) is 174 Å². The SMILES string of the molecule is CCCCC[C@H](O)/C=C/[C@H]1C(=O)C=C[C@@H]1C/C=C\CCCC(=O)OC[C@H](COP(=O)(O)OC[C@@H](O)CO)OC(=O)CCCCCCCCCCCCCC(C)C. The molecule has 0 fully saturated rings. The summed E-state index contributed by atoms with van der Waals surface area (Å²) in [5.74, 6) is -0.544. The van der Waals surface area contributed by atoms with E-state index in [4.69, 9.17) is 19.1 Å². The minimum absolute atomic E-state index is 0.0120. The molecule has 4 N–H and O–H groups in total. The van der Waals surface area contributed by atoms with Crippen molar-refractivity contribution in [3.05, 3.63) is 36.5 Å². The Hall–Kier alpha value is -2.18. The number of carbonyl (C=O) groups excluding carboxylic acids is 3. The topological polar surface area (TPSA) is 186 Å². The van der Waals surface area contributed by atoms with Crippen LogP contribution in [0.3, 0.4) is 0 Å². The number of hydrogen-bond acceptors (Lipinski definition) is 11. The lowest BCUT2D eigenvalue weighted by molar-refractivity contribution is -0.161. The second-order valence-electron chi connectivity index (χ2n) is 15.5. The largest absolute Gasteiger partial charge is 0.472 e. The number of carbonyl (C=O) groups is 3. The Balaban J connectivity index is 2.44. The van der Waals surface area contributed by atoms with E-state index in [2.05, 4.69) is 25.3 Å². The number of aliphatic hydroxyl groups excluding tert-OH is 3.